The Hall–Kier alpha value is -3.83. The second-order valence-electron chi connectivity index (χ2n) is 7.61. The largest absolute Gasteiger partial charge is 0.480 e. The minimum atomic E-state index is -4.19. The van der Waals surface area contributed by atoms with Crippen LogP contribution in [0.3, 0.4) is 0 Å². The third-order valence-corrected chi connectivity index (χ3v) is 7.29. The Morgan fingerprint density at radius 3 is 2.43 bits per heavy atom. The summed E-state index contributed by atoms with van der Waals surface area (Å²) >= 11 is 1.32. The maximum Gasteiger partial charge on any atom is 0.275 e. The number of rotatable bonds is 7. The number of thiazole rings is 1. The predicted molar refractivity (Wildman–Crippen MR) is 133 cm³/mol. The molecule has 2 aromatic heterocycles. The van der Waals surface area contributed by atoms with E-state index in [0.29, 0.717) is 16.1 Å². The summed E-state index contributed by atoms with van der Waals surface area (Å²) in [7, 11) is -2.91. The normalized spacial score (nSPS) is 11.2. The number of hydrogen-bond acceptors (Lipinski definition) is 7. The molecular formula is C24H21FN4O4S2. The number of pyridine rings is 1. The van der Waals surface area contributed by atoms with Gasteiger partial charge in [0.1, 0.15) is 16.5 Å². The van der Waals surface area contributed by atoms with Gasteiger partial charge in [0.15, 0.2) is 4.90 Å². The highest BCUT2D eigenvalue weighted by Crippen LogP contribution is 2.30. The van der Waals surface area contributed by atoms with Gasteiger partial charge in [0, 0.05) is 10.9 Å². The van der Waals surface area contributed by atoms with E-state index in [2.05, 4.69) is 20.0 Å². The van der Waals surface area contributed by atoms with Gasteiger partial charge in [-0.2, -0.15) is 0 Å². The minimum absolute atomic E-state index is 0.137. The molecule has 0 atom stereocenters. The van der Waals surface area contributed by atoms with Crippen LogP contribution in [0.2, 0.25) is 0 Å². The lowest BCUT2D eigenvalue weighted by Gasteiger charge is -2.15. The van der Waals surface area contributed by atoms with Crippen LogP contribution in [0.15, 0.2) is 65.0 Å². The van der Waals surface area contributed by atoms with Gasteiger partial charge in [-0.15, -0.1) is 11.3 Å². The first kappa shape index (κ1) is 24.3. The molecule has 2 N–H and O–H groups in total. The number of nitrogens with one attached hydrogen (secondary N) is 2. The molecule has 0 bridgehead atoms. The Kier molecular flexibility index (Phi) is 6.81. The molecule has 0 saturated carbocycles. The summed E-state index contributed by atoms with van der Waals surface area (Å²) in [5.74, 6) is -1.14. The third kappa shape index (κ3) is 5.31. The quantitative estimate of drug-likeness (QED) is 0.360. The molecule has 0 fully saturated rings. The third-order valence-electron chi connectivity index (χ3n) is 5.05. The first-order valence-corrected chi connectivity index (χ1v) is 12.7. The zero-order valence-electron chi connectivity index (χ0n) is 19.0. The lowest BCUT2D eigenvalue weighted by molar-refractivity contribution is 0.102. The van der Waals surface area contributed by atoms with Crippen LogP contribution in [0.4, 0.5) is 15.8 Å². The summed E-state index contributed by atoms with van der Waals surface area (Å²) in [6.45, 7) is 3.19. The second kappa shape index (κ2) is 9.80. The van der Waals surface area contributed by atoms with Gasteiger partial charge in [-0.1, -0.05) is 30.3 Å². The van der Waals surface area contributed by atoms with E-state index in [0.717, 1.165) is 5.56 Å². The fourth-order valence-corrected chi connectivity index (χ4v) is 5.55. The van der Waals surface area contributed by atoms with Crippen molar-refractivity contribution in [2.45, 2.75) is 18.7 Å². The molecule has 11 heteroatoms. The molecular weight excluding hydrogens is 491 g/mol. The maximum absolute atomic E-state index is 13.6. The average molecular weight is 513 g/mol. The summed E-state index contributed by atoms with van der Waals surface area (Å²) in [4.78, 5) is 20.9. The van der Waals surface area contributed by atoms with Gasteiger partial charge >= 0.3 is 0 Å². The van der Waals surface area contributed by atoms with Gasteiger partial charge in [0.2, 0.25) is 5.88 Å². The van der Waals surface area contributed by atoms with Crippen LogP contribution in [0.25, 0.3) is 10.6 Å². The van der Waals surface area contributed by atoms with Crippen LogP contribution in [-0.2, 0) is 10.0 Å². The van der Waals surface area contributed by atoms with E-state index in [-0.39, 0.29) is 27.8 Å². The van der Waals surface area contributed by atoms with E-state index in [1.165, 1.54) is 42.8 Å². The zero-order chi connectivity index (χ0) is 25.2. The molecule has 0 aliphatic carbocycles. The number of nitrogens with zero attached hydrogens (tertiary/aromatic N) is 2. The van der Waals surface area contributed by atoms with E-state index in [1.807, 2.05) is 30.3 Å². The van der Waals surface area contributed by atoms with Crippen LogP contribution in [0.5, 0.6) is 5.88 Å². The smallest absolute Gasteiger partial charge is 0.275 e. The number of methoxy groups -OCH3 is 1. The second-order valence-corrected chi connectivity index (χ2v) is 10.1. The molecule has 35 heavy (non-hydrogen) atoms. The van der Waals surface area contributed by atoms with Crippen LogP contribution in [0, 0.1) is 19.7 Å². The maximum atomic E-state index is 13.6. The first-order valence-electron chi connectivity index (χ1n) is 10.3. The monoisotopic (exact) mass is 512 g/mol. The predicted octanol–water partition coefficient (Wildman–Crippen LogP) is 5.02. The SMILES string of the molecule is COc1ncc(NC(=O)c2csc(-c3ccccc3)n2)cc1S(=O)(=O)Nc1c(C)cc(F)cc1C. The van der Waals surface area contributed by atoms with E-state index in [9.17, 15) is 17.6 Å². The molecule has 0 saturated heterocycles. The number of halogens is 1. The fourth-order valence-electron chi connectivity index (χ4n) is 3.39. The lowest BCUT2D eigenvalue weighted by atomic mass is 10.1. The number of aromatic nitrogens is 2. The van der Waals surface area contributed by atoms with Crippen molar-refractivity contribution < 1.29 is 22.3 Å². The molecule has 8 nitrogen and oxygen atoms in total. The van der Waals surface area contributed by atoms with Crippen molar-refractivity contribution in [3.05, 3.63) is 82.7 Å². The number of aryl methyl sites for hydroxylation is 2. The standard InChI is InChI=1S/C24H21FN4O4S2/c1-14-9-17(25)10-15(2)21(14)29-35(31,32)20-11-18(12-26-23(20)33-3)27-22(30)19-13-34-24(28-19)16-7-5-4-6-8-16/h4-13,29H,1-3H3,(H,27,30). The Morgan fingerprint density at radius 2 is 1.77 bits per heavy atom. The molecule has 0 spiro atoms. The van der Waals surface area contributed by atoms with Gasteiger partial charge in [-0.25, -0.2) is 22.8 Å². The molecule has 0 unspecified atom stereocenters. The summed E-state index contributed by atoms with van der Waals surface area (Å²) in [5.41, 5.74) is 2.29. The van der Waals surface area contributed by atoms with E-state index in [4.69, 9.17) is 4.74 Å². The lowest BCUT2D eigenvalue weighted by Crippen LogP contribution is -2.18. The zero-order valence-corrected chi connectivity index (χ0v) is 20.6. The molecule has 2 aromatic carbocycles. The Labute approximate surface area is 205 Å². The van der Waals surface area contributed by atoms with Crippen molar-refractivity contribution in [2.75, 3.05) is 17.1 Å². The number of sulfonamides is 1. The van der Waals surface area contributed by atoms with Gasteiger partial charge in [-0.05, 0) is 43.2 Å². The average Bonchev–Trinajstić information content (AvgIpc) is 3.33. The van der Waals surface area contributed by atoms with E-state index >= 15 is 0 Å². The topological polar surface area (TPSA) is 110 Å². The van der Waals surface area contributed by atoms with Crippen LogP contribution < -0.4 is 14.8 Å². The van der Waals surface area contributed by atoms with Crippen LogP contribution in [0.1, 0.15) is 21.6 Å². The van der Waals surface area contributed by atoms with Crippen molar-refractivity contribution in [3.63, 3.8) is 0 Å². The number of amides is 1. The number of benzene rings is 2. The molecule has 2 heterocycles. The highest BCUT2D eigenvalue weighted by atomic mass is 32.2. The Bertz CT molecular complexity index is 1480. The summed E-state index contributed by atoms with van der Waals surface area (Å²) < 4.78 is 47.6. The molecule has 180 valence electrons. The molecule has 4 rings (SSSR count). The number of anilines is 2. The van der Waals surface area contributed by atoms with Crippen LogP contribution in [-0.4, -0.2) is 31.4 Å². The molecule has 0 aliphatic rings. The Balaban J connectivity index is 1.61. The van der Waals surface area contributed by atoms with Crippen molar-refractivity contribution in [3.8, 4) is 16.5 Å². The number of hydrogen-bond donors (Lipinski definition) is 2. The van der Waals surface area contributed by atoms with Gasteiger partial charge in [0.05, 0.1) is 24.7 Å². The van der Waals surface area contributed by atoms with Gasteiger partial charge < -0.3 is 10.1 Å². The van der Waals surface area contributed by atoms with Crippen molar-refractivity contribution in [1.29, 1.82) is 0 Å². The first-order chi connectivity index (χ1) is 16.7. The molecule has 0 radical (unpaired) electrons. The molecule has 4 aromatic rings. The minimum Gasteiger partial charge on any atom is -0.480 e. The van der Waals surface area contributed by atoms with Gasteiger partial charge in [0.25, 0.3) is 15.9 Å². The van der Waals surface area contributed by atoms with Crippen LogP contribution >= 0.6 is 11.3 Å². The summed E-state index contributed by atoms with van der Waals surface area (Å²) in [6, 6.07) is 13.1. The van der Waals surface area contributed by atoms with Crippen molar-refractivity contribution in [2.24, 2.45) is 0 Å². The highest BCUT2D eigenvalue weighted by molar-refractivity contribution is 7.92. The molecule has 1 amide bonds. The van der Waals surface area contributed by atoms with Crippen molar-refractivity contribution in [1.82, 2.24) is 9.97 Å². The van der Waals surface area contributed by atoms with Gasteiger partial charge in [-0.3, -0.25) is 9.52 Å². The fraction of sp³-hybridized carbons (Fsp3) is 0.125. The van der Waals surface area contributed by atoms with Crippen molar-refractivity contribution >= 4 is 38.6 Å². The molecule has 0 aliphatic heterocycles. The van der Waals surface area contributed by atoms with E-state index < -0.39 is 21.7 Å². The number of ether oxygens (including phenoxy) is 1. The summed E-state index contributed by atoms with van der Waals surface area (Å²) in [5, 5.41) is 4.93. The Morgan fingerprint density at radius 1 is 1.09 bits per heavy atom. The summed E-state index contributed by atoms with van der Waals surface area (Å²) in [6.07, 6.45) is 1.29. The number of carbonyl (C=O) groups excluding carboxylic acids is 1. The van der Waals surface area contributed by atoms with E-state index in [1.54, 1.807) is 19.2 Å². The number of carbonyl (C=O) groups is 1. The highest BCUT2D eigenvalue weighted by Gasteiger charge is 2.24.